The van der Waals surface area contributed by atoms with Gasteiger partial charge >= 0.3 is 6.18 Å². The second-order valence-corrected chi connectivity index (χ2v) is 10.2. The molecule has 12 heteroatoms. The van der Waals surface area contributed by atoms with Crippen LogP contribution in [0.15, 0.2) is 79.0 Å². The van der Waals surface area contributed by atoms with E-state index in [1.165, 1.54) is 19.2 Å². The zero-order chi connectivity index (χ0) is 29.3. The van der Waals surface area contributed by atoms with Gasteiger partial charge in [0.15, 0.2) is 0 Å². The summed E-state index contributed by atoms with van der Waals surface area (Å²) in [5.74, 6) is -1.02. The Kier molecular flexibility index (Phi) is 8.76. The zero-order valence-electron chi connectivity index (χ0n) is 21.6. The minimum absolute atomic E-state index is 0. The van der Waals surface area contributed by atoms with Crippen LogP contribution in [0.2, 0.25) is 0 Å². The molecule has 0 aliphatic heterocycles. The Hall–Kier alpha value is -4.58. The van der Waals surface area contributed by atoms with Crippen molar-refractivity contribution in [3.63, 3.8) is 0 Å². The van der Waals surface area contributed by atoms with E-state index in [0.717, 1.165) is 10.9 Å². The topological polar surface area (TPSA) is 85.6 Å². The quantitative estimate of drug-likeness (QED) is 0.180. The Bertz CT molecular complexity index is 1700. The van der Waals surface area contributed by atoms with Gasteiger partial charge in [0, 0.05) is 11.5 Å². The van der Waals surface area contributed by atoms with Crippen LogP contribution in [0, 0.1) is 5.82 Å². The van der Waals surface area contributed by atoms with Crippen molar-refractivity contribution in [2.45, 2.75) is 32.7 Å². The Balaban J connectivity index is 0.00000405. The molecule has 0 spiro atoms. The molecule has 0 fully saturated rings. The van der Waals surface area contributed by atoms with Crippen molar-refractivity contribution >= 4 is 28.1 Å². The molecular formula is C30H27F4N3O4S. The number of benzene rings is 3. The Labute approximate surface area is 242 Å². The van der Waals surface area contributed by atoms with Crippen molar-refractivity contribution in [1.82, 2.24) is 15.1 Å². The third-order valence-electron chi connectivity index (χ3n) is 6.31. The van der Waals surface area contributed by atoms with E-state index >= 15 is 0 Å². The number of aromatic nitrogens is 2. The maximum atomic E-state index is 13.4. The number of nitrogens with zero attached hydrogens (tertiary/aromatic N) is 2. The van der Waals surface area contributed by atoms with Gasteiger partial charge in [-0.05, 0) is 67.1 Å². The summed E-state index contributed by atoms with van der Waals surface area (Å²) in [5.41, 5.74) is 2.05. The summed E-state index contributed by atoms with van der Waals surface area (Å²) in [7, 11) is 1.50. The third kappa shape index (κ3) is 6.33. The number of hydrogen-bond acceptors (Lipinski definition) is 6. The van der Waals surface area contributed by atoms with Crippen LogP contribution in [0.3, 0.4) is 0 Å². The van der Waals surface area contributed by atoms with E-state index in [1.807, 2.05) is 0 Å². The predicted octanol–water partition coefficient (Wildman–Crippen LogP) is 7.53. The SMILES string of the molecule is C.COc1cccc([C@@H](Oc2ccc3c(cnn3-c3ccc(F)cc3)c2)[C@H](C)NC(=O)c2sc(C(F)(F)F)cc2O)c1. The summed E-state index contributed by atoms with van der Waals surface area (Å²) in [4.78, 5) is 11.4. The predicted molar refractivity (Wildman–Crippen MR) is 152 cm³/mol. The number of carbonyl (C=O) groups excluding carboxylic acids is 1. The Morgan fingerprint density at radius 2 is 1.79 bits per heavy atom. The lowest BCUT2D eigenvalue weighted by Gasteiger charge is -2.27. The van der Waals surface area contributed by atoms with Crippen molar-refractivity contribution in [2.75, 3.05) is 7.11 Å². The number of ether oxygens (including phenoxy) is 2. The van der Waals surface area contributed by atoms with E-state index in [0.29, 0.717) is 28.8 Å². The van der Waals surface area contributed by atoms with E-state index in [1.54, 1.807) is 72.4 Å². The molecule has 3 aromatic carbocycles. The number of fused-ring (bicyclic) bond motifs is 1. The van der Waals surface area contributed by atoms with Gasteiger partial charge in [-0.3, -0.25) is 4.79 Å². The van der Waals surface area contributed by atoms with Crippen molar-refractivity contribution < 1.29 is 36.9 Å². The number of alkyl halides is 3. The molecular weight excluding hydrogens is 574 g/mol. The van der Waals surface area contributed by atoms with E-state index in [9.17, 15) is 27.5 Å². The number of hydrogen-bond donors (Lipinski definition) is 2. The summed E-state index contributed by atoms with van der Waals surface area (Å²) >= 11 is 0.159. The fourth-order valence-corrected chi connectivity index (χ4v) is 5.15. The molecule has 0 aliphatic carbocycles. The van der Waals surface area contributed by atoms with Crippen LogP contribution in [-0.4, -0.2) is 33.9 Å². The van der Waals surface area contributed by atoms with E-state index in [2.05, 4.69) is 10.4 Å². The molecule has 0 radical (unpaired) electrons. The lowest BCUT2D eigenvalue weighted by molar-refractivity contribution is -0.134. The van der Waals surface area contributed by atoms with Crippen molar-refractivity contribution in [3.8, 4) is 22.9 Å². The first-order valence-electron chi connectivity index (χ1n) is 12.3. The maximum Gasteiger partial charge on any atom is 0.425 e. The molecule has 1 amide bonds. The highest BCUT2D eigenvalue weighted by Gasteiger charge is 2.35. The second-order valence-electron chi connectivity index (χ2n) is 9.15. The van der Waals surface area contributed by atoms with Gasteiger partial charge in [0.25, 0.3) is 5.91 Å². The van der Waals surface area contributed by atoms with Gasteiger partial charge in [-0.2, -0.15) is 18.3 Å². The average molecular weight is 602 g/mol. The van der Waals surface area contributed by atoms with Gasteiger partial charge in [-0.15, -0.1) is 11.3 Å². The van der Waals surface area contributed by atoms with Crippen LogP contribution in [-0.2, 0) is 6.18 Å². The summed E-state index contributed by atoms with van der Waals surface area (Å²) in [6, 6.07) is 17.9. The second kappa shape index (κ2) is 12.1. The van der Waals surface area contributed by atoms with Gasteiger partial charge in [-0.1, -0.05) is 19.6 Å². The average Bonchev–Trinajstić information content (AvgIpc) is 3.55. The van der Waals surface area contributed by atoms with Crippen LogP contribution < -0.4 is 14.8 Å². The van der Waals surface area contributed by atoms with E-state index < -0.39 is 39.7 Å². The zero-order valence-corrected chi connectivity index (χ0v) is 22.5. The van der Waals surface area contributed by atoms with Gasteiger partial charge in [0.2, 0.25) is 0 Å². The van der Waals surface area contributed by atoms with Gasteiger partial charge in [0.05, 0.1) is 30.6 Å². The highest BCUT2D eigenvalue weighted by Crippen LogP contribution is 2.40. The molecule has 7 nitrogen and oxygen atoms in total. The molecule has 220 valence electrons. The number of thiophene rings is 1. The van der Waals surface area contributed by atoms with Crippen molar-refractivity contribution in [2.24, 2.45) is 0 Å². The highest BCUT2D eigenvalue weighted by molar-refractivity contribution is 7.14. The molecule has 2 N–H and O–H groups in total. The first-order chi connectivity index (χ1) is 19.5. The fraction of sp³-hybridized carbons (Fsp3) is 0.200. The van der Waals surface area contributed by atoms with Crippen molar-refractivity contribution in [1.29, 1.82) is 0 Å². The number of carbonyl (C=O) groups is 1. The highest BCUT2D eigenvalue weighted by atomic mass is 32.1. The van der Waals surface area contributed by atoms with Crippen LogP contribution >= 0.6 is 11.3 Å². The number of halogens is 4. The minimum Gasteiger partial charge on any atom is -0.506 e. The molecule has 0 saturated heterocycles. The first-order valence-corrected chi connectivity index (χ1v) is 13.1. The van der Waals surface area contributed by atoms with Crippen LogP contribution in [0.1, 0.15) is 40.6 Å². The largest absolute Gasteiger partial charge is 0.506 e. The van der Waals surface area contributed by atoms with E-state index in [4.69, 9.17) is 9.47 Å². The van der Waals surface area contributed by atoms with Crippen LogP contribution in [0.25, 0.3) is 16.6 Å². The molecule has 0 saturated carbocycles. The van der Waals surface area contributed by atoms with Crippen LogP contribution in [0.4, 0.5) is 17.6 Å². The third-order valence-corrected chi connectivity index (χ3v) is 7.47. The maximum absolute atomic E-state index is 13.4. The number of nitrogens with one attached hydrogen (secondary N) is 1. The monoisotopic (exact) mass is 601 g/mol. The molecule has 2 heterocycles. The Morgan fingerprint density at radius 3 is 2.45 bits per heavy atom. The first kappa shape index (κ1) is 30.4. The molecule has 2 aromatic heterocycles. The number of rotatable bonds is 8. The normalized spacial score (nSPS) is 12.8. The number of methoxy groups -OCH3 is 1. The molecule has 2 atom stereocenters. The smallest absolute Gasteiger partial charge is 0.425 e. The van der Waals surface area contributed by atoms with Gasteiger partial charge in [-0.25, -0.2) is 9.07 Å². The minimum atomic E-state index is -4.69. The summed E-state index contributed by atoms with van der Waals surface area (Å²) in [6.45, 7) is 1.64. The molecule has 5 aromatic rings. The molecule has 0 aliphatic rings. The molecule has 5 rings (SSSR count). The molecule has 42 heavy (non-hydrogen) atoms. The number of aromatic hydroxyl groups is 1. The fourth-order valence-electron chi connectivity index (χ4n) is 4.33. The molecule has 0 unspecified atom stereocenters. The standard InChI is InChI=1S/C29H23F4N3O4S.CH4/c1-16(35-28(38)27-24(37)14-25(41-27)29(31,32)33)26(17-4-3-5-21(12-17)39-2)40-22-10-11-23-18(13-22)15-34-36(23)20-8-6-19(30)7-9-20;/h3-16,26,37H,1-2H3,(H,35,38);1H4/t16-,26-;/m0./s1. The van der Waals surface area contributed by atoms with Gasteiger partial charge in [0.1, 0.15) is 38.9 Å². The Morgan fingerprint density at radius 1 is 1.05 bits per heavy atom. The van der Waals surface area contributed by atoms with Crippen LogP contribution in [0.5, 0.6) is 17.2 Å². The van der Waals surface area contributed by atoms with E-state index in [-0.39, 0.29) is 24.6 Å². The molecule has 0 bridgehead atoms. The lowest BCUT2D eigenvalue weighted by Crippen LogP contribution is -2.39. The number of amides is 1. The van der Waals surface area contributed by atoms with Crippen molar-refractivity contribution in [3.05, 3.63) is 100 Å². The van der Waals surface area contributed by atoms with Gasteiger partial charge < -0.3 is 19.9 Å². The lowest BCUT2D eigenvalue weighted by atomic mass is 10.0. The summed E-state index contributed by atoms with van der Waals surface area (Å²) in [6.07, 6.45) is -3.86. The summed E-state index contributed by atoms with van der Waals surface area (Å²) < 4.78 is 66.0. The summed E-state index contributed by atoms with van der Waals surface area (Å²) in [5, 5.41) is 17.8.